The summed E-state index contributed by atoms with van der Waals surface area (Å²) in [7, 11) is 1.54. The Labute approximate surface area is 206 Å². The van der Waals surface area contributed by atoms with Gasteiger partial charge in [0.15, 0.2) is 18.2 Å². The Bertz CT molecular complexity index is 982. The molecule has 0 saturated carbocycles. The van der Waals surface area contributed by atoms with E-state index in [9.17, 15) is 18.0 Å². The number of alkyl carbamates (subject to hydrolysis) is 1. The maximum absolute atomic E-state index is 13.0. The Morgan fingerprint density at radius 2 is 2.00 bits per heavy atom. The molecule has 11 nitrogen and oxygen atoms in total. The predicted octanol–water partition coefficient (Wildman–Crippen LogP) is 2.14. The van der Waals surface area contributed by atoms with Gasteiger partial charge in [0.1, 0.15) is 6.17 Å². The lowest BCUT2D eigenvalue weighted by Gasteiger charge is -2.26. The molecule has 0 saturated heterocycles. The number of hydrazone groups is 1. The monoisotopic (exact) mass is 513 g/mol. The molecule has 1 aliphatic heterocycles. The minimum atomic E-state index is -4.87. The second kappa shape index (κ2) is 13.3. The van der Waals surface area contributed by atoms with Gasteiger partial charge in [-0.05, 0) is 13.0 Å². The molecule has 1 heterocycles. The summed E-state index contributed by atoms with van der Waals surface area (Å²) in [6.45, 7) is 2.74. The lowest BCUT2D eigenvalue weighted by Crippen LogP contribution is -2.50. The van der Waals surface area contributed by atoms with Crippen LogP contribution in [0.15, 0.2) is 64.5 Å². The zero-order valence-corrected chi connectivity index (χ0v) is 20.0. The molecule has 0 spiro atoms. The highest BCUT2D eigenvalue weighted by Gasteiger charge is 2.44. The summed E-state index contributed by atoms with van der Waals surface area (Å²) >= 11 is 0. The van der Waals surface area contributed by atoms with Crippen LogP contribution in [0.3, 0.4) is 0 Å². The fourth-order valence-electron chi connectivity index (χ4n) is 3.00. The topological polar surface area (TPSA) is 149 Å². The van der Waals surface area contributed by atoms with Gasteiger partial charge in [-0.3, -0.25) is 5.01 Å². The molecular weight excluding hydrogens is 483 g/mol. The quantitative estimate of drug-likeness (QED) is 0.129. The van der Waals surface area contributed by atoms with Crippen LogP contribution >= 0.6 is 0 Å². The summed E-state index contributed by atoms with van der Waals surface area (Å²) in [5, 5.41) is 14.4. The van der Waals surface area contributed by atoms with E-state index in [1.165, 1.54) is 19.0 Å². The van der Waals surface area contributed by atoms with E-state index in [0.717, 1.165) is 0 Å². The Morgan fingerprint density at radius 1 is 1.31 bits per heavy atom. The molecule has 36 heavy (non-hydrogen) atoms. The van der Waals surface area contributed by atoms with Crippen LogP contribution in [0.2, 0.25) is 0 Å². The van der Waals surface area contributed by atoms with Crippen molar-refractivity contribution in [1.82, 2.24) is 15.6 Å². The number of carbonyl (C=O) groups excluding carboxylic acids is 1. The third kappa shape index (κ3) is 8.46. The van der Waals surface area contributed by atoms with Crippen molar-refractivity contribution < 1.29 is 32.3 Å². The number of halogens is 3. The predicted molar refractivity (Wildman–Crippen MR) is 127 cm³/mol. The number of hydrogen-bond donors (Lipinski definition) is 4. The minimum Gasteiger partial charge on any atom is -0.409 e. The number of nitrogens with one attached hydrogen (secondary N) is 2. The van der Waals surface area contributed by atoms with Gasteiger partial charge in [-0.25, -0.2) is 10.6 Å². The molecule has 3 unspecified atom stereocenters. The summed E-state index contributed by atoms with van der Waals surface area (Å²) in [6, 6.07) is 8.95. The van der Waals surface area contributed by atoms with Gasteiger partial charge >= 0.3 is 18.6 Å². The number of benzene rings is 1. The van der Waals surface area contributed by atoms with E-state index in [-0.39, 0.29) is 30.7 Å². The average Bonchev–Trinajstić information content (AvgIpc) is 2.98. The molecule has 2 rings (SSSR count). The van der Waals surface area contributed by atoms with Crippen LogP contribution < -0.4 is 22.3 Å². The highest BCUT2D eigenvalue weighted by molar-refractivity contribution is 6.47. The third-order valence-corrected chi connectivity index (χ3v) is 4.74. The van der Waals surface area contributed by atoms with Gasteiger partial charge in [0.2, 0.25) is 0 Å². The molecule has 0 fully saturated rings. The lowest BCUT2D eigenvalue weighted by atomic mass is 10.1. The molecule has 0 radical (unpaired) electrons. The number of allylic oxidation sites excluding steroid dienone is 2. The van der Waals surface area contributed by atoms with E-state index in [0.29, 0.717) is 11.3 Å². The fourth-order valence-corrected chi connectivity index (χ4v) is 3.00. The second-order valence-corrected chi connectivity index (χ2v) is 7.58. The van der Waals surface area contributed by atoms with Crippen molar-refractivity contribution in [2.45, 2.75) is 32.5 Å². The summed E-state index contributed by atoms with van der Waals surface area (Å²) in [5.41, 5.74) is 1.39. The molecule has 14 heteroatoms. The highest BCUT2D eigenvalue weighted by atomic mass is 19.4. The largest absolute Gasteiger partial charge is 0.452 e. The summed E-state index contributed by atoms with van der Waals surface area (Å²) in [6.07, 6.45) is -4.53. The first-order chi connectivity index (χ1) is 17.1. The number of nitrogens with zero attached hydrogens (tertiary/aromatic N) is 3. The number of carbonyl (C=O) groups is 1. The van der Waals surface area contributed by atoms with Crippen molar-refractivity contribution in [3.05, 3.63) is 59.8 Å². The number of amidine groups is 1. The highest BCUT2D eigenvalue weighted by Crippen LogP contribution is 2.24. The molecular formula is C22H30F3N7O4. The number of hydrazine groups is 1. The van der Waals surface area contributed by atoms with Crippen LogP contribution in [0.4, 0.5) is 18.0 Å². The first-order valence-corrected chi connectivity index (χ1v) is 10.9. The standard InChI is InChI=1S/C22H30F3N7O4/c1-4-34-20(22(23,24)25)36-21(33)29-18-14(2)9-8-12-16(28-18)13-35-31-17(19(30-26)32(3)27)15-10-6-5-7-11-15/h5-12,14,18,20,28H,4,13,26-27H2,1-3H3,(H,29,33)/b30-19-,31-17-. The first-order valence-electron chi connectivity index (χ1n) is 10.9. The van der Waals surface area contributed by atoms with E-state index in [1.807, 2.05) is 6.07 Å². The number of hydrogen-bond acceptors (Lipinski definition) is 9. The molecule has 0 bridgehead atoms. The van der Waals surface area contributed by atoms with Crippen molar-refractivity contribution >= 4 is 17.6 Å². The number of nitrogens with two attached hydrogens (primary N) is 2. The van der Waals surface area contributed by atoms with Crippen molar-refractivity contribution in [3.8, 4) is 0 Å². The molecule has 0 aromatic heterocycles. The molecule has 1 aromatic carbocycles. The minimum absolute atomic E-state index is 0.0864. The van der Waals surface area contributed by atoms with Gasteiger partial charge in [0.25, 0.3) is 0 Å². The van der Waals surface area contributed by atoms with Gasteiger partial charge in [-0.2, -0.15) is 18.3 Å². The van der Waals surface area contributed by atoms with Crippen LogP contribution in [0, 0.1) is 5.92 Å². The van der Waals surface area contributed by atoms with Crippen molar-refractivity contribution in [2.75, 3.05) is 20.3 Å². The lowest BCUT2D eigenvalue weighted by molar-refractivity contribution is -0.290. The first kappa shape index (κ1) is 28.5. The average molecular weight is 514 g/mol. The number of alkyl halides is 3. The van der Waals surface area contributed by atoms with Crippen molar-refractivity contribution in [3.63, 3.8) is 0 Å². The Balaban J connectivity index is 2.09. The number of ether oxygens (including phenoxy) is 2. The maximum atomic E-state index is 13.0. The van der Waals surface area contributed by atoms with E-state index >= 15 is 0 Å². The SMILES string of the molecule is CCOC(OC(=O)NC1NC(CO/N=C(\C(=N\N)N(C)N)c2ccccc2)=CC=CC1C)C(F)(F)F. The van der Waals surface area contributed by atoms with Crippen LogP contribution in [0.25, 0.3) is 0 Å². The van der Waals surface area contributed by atoms with Crippen molar-refractivity contribution in [1.29, 1.82) is 0 Å². The molecule has 1 aromatic rings. The van der Waals surface area contributed by atoms with Crippen molar-refractivity contribution in [2.24, 2.45) is 27.9 Å². The molecule has 6 N–H and O–H groups in total. The molecule has 198 valence electrons. The van der Waals surface area contributed by atoms with E-state index in [4.69, 9.17) is 16.5 Å². The number of likely N-dealkylation sites (N-methyl/N-ethyl adjacent to an activating group) is 1. The normalized spacial score (nSPS) is 19.5. The Hall–Kier alpha value is -3.78. The smallest absolute Gasteiger partial charge is 0.409 e. The van der Waals surface area contributed by atoms with E-state index in [1.54, 1.807) is 49.4 Å². The van der Waals surface area contributed by atoms with E-state index in [2.05, 4.69) is 30.4 Å². The zero-order chi connectivity index (χ0) is 26.7. The second-order valence-electron chi connectivity index (χ2n) is 7.58. The number of oxime groups is 1. The zero-order valence-electron chi connectivity index (χ0n) is 20.0. The summed E-state index contributed by atoms with van der Waals surface area (Å²) in [4.78, 5) is 17.6. The van der Waals surface area contributed by atoms with Gasteiger partial charge in [0.05, 0.1) is 5.70 Å². The Kier molecular flexibility index (Phi) is 10.5. The Morgan fingerprint density at radius 3 is 2.58 bits per heavy atom. The van der Waals surface area contributed by atoms with Crippen LogP contribution in [-0.4, -0.2) is 61.5 Å². The van der Waals surface area contributed by atoms with Gasteiger partial charge in [0, 0.05) is 25.1 Å². The van der Waals surface area contributed by atoms with Crippen LogP contribution in [-0.2, 0) is 14.3 Å². The molecule has 1 aliphatic rings. The van der Waals surface area contributed by atoms with Crippen LogP contribution in [0.1, 0.15) is 19.4 Å². The van der Waals surface area contributed by atoms with Crippen LogP contribution in [0.5, 0.6) is 0 Å². The van der Waals surface area contributed by atoms with E-state index < -0.39 is 24.7 Å². The molecule has 3 atom stereocenters. The molecule has 0 aliphatic carbocycles. The van der Waals surface area contributed by atoms with Gasteiger partial charge < -0.3 is 30.8 Å². The summed E-state index contributed by atoms with van der Waals surface area (Å²) < 4.78 is 47.9. The number of amides is 1. The summed E-state index contributed by atoms with van der Waals surface area (Å²) in [5.74, 6) is 11.1. The molecule has 1 amide bonds. The maximum Gasteiger partial charge on any atom is 0.452 e. The fraction of sp³-hybridized carbons (Fsp3) is 0.409. The van der Waals surface area contributed by atoms with Gasteiger partial charge in [-0.1, -0.05) is 54.6 Å². The van der Waals surface area contributed by atoms with Gasteiger partial charge in [-0.15, -0.1) is 0 Å². The number of rotatable bonds is 9. The third-order valence-electron chi connectivity index (χ3n) is 4.74.